The summed E-state index contributed by atoms with van der Waals surface area (Å²) in [6.07, 6.45) is 8.31. The van der Waals surface area contributed by atoms with Crippen LogP contribution in [0.4, 0.5) is 0 Å². The summed E-state index contributed by atoms with van der Waals surface area (Å²) in [6, 6.07) is 14.9. The van der Waals surface area contributed by atoms with Gasteiger partial charge in [-0.1, -0.05) is 18.2 Å². The van der Waals surface area contributed by atoms with Gasteiger partial charge in [-0.05, 0) is 139 Å². The molecule has 246 valence electrons. The molecule has 1 atom stereocenters. The topological polar surface area (TPSA) is 81.0 Å². The van der Waals surface area contributed by atoms with E-state index in [1.807, 2.05) is 43.8 Å². The third kappa shape index (κ3) is 7.22. The first-order chi connectivity index (χ1) is 21.8. The number of carbonyl (C=O) groups excluding carboxylic acids is 1. The molecule has 2 aliphatic heterocycles. The molecule has 8 nitrogen and oxygen atoms in total. The van der Waals surface area contributed by atoms with Crippen LogP contribution >= 0.6 is 0 Å². The van der Waals surface area contributed by atoms with Crippen molar-refractivity contribution in [2.75, 3.05) is 13.2 Å². The van der Waals surface area contributed by atoms with Crippen LogP contribution in [0, 0.1) is 5.92 Å². The van der Waals surface area contributed by atoms with Gasteiger partial charge in [-0.3, -0.25) is 4.79 Å². The maximum absolute atomic E-state index is 12.1. The van der Waals surface area contributed by atoms with Gasteiger partial charge in [0.15, 0.2) is 6.23 Å². The normalized spacial score (nSPS) is 21.7. The third-order valence-corrected chi connectivity index (χ3v) is 9.48. The van der Waals surface area contributed by atoms with Gasteiger partial charge >= 0.3 is 13.1 Å². The molecule has 3 aromatic rings. The first-order valence-corrected chi connectivity index (χ1v) is 17.0. The second-order valence-electron chi connectivity index (χ2n) is 14.9. The summed E-state index contributed by atoms with van der Waals surface area (Å²) in [4.78, 5) is 12.1. The van der Waals surface area contributed by atoms with Crippen LogP contribution < -0.4 is 4.74 Å². The number of ether oxygens (including phenoxy) is 3. The molecule has 0 radical (unpaired) electrons. The summed E-state index contributed by atoms with van der Waals surface area (Å²) >= 11 is 0. The molecule has 1 aromatic heterocycles. The Labute approximate surface area is 273 Å². The predicted molar refractivity (Wildman–Crippen MR) is 180 cm³/mol. The second-order valence-corrected chi connectivity index (χ2v) is 14.9. The Bertz CT molecular complexity index is 1560. The Morgan fingerprint density at radius 1 is 0.978 bits per heavy atom. The van der Waals surface area contributed by atoms with Gasteiger partial charge in [-0.25, -0.2) is 4.68 Å². The lowest BCUT2D eigenvalue weighted by Crippen LogP contribution is -2.41. The molecular formula is C37H49BN2O6. The first-order valence-electron chi connectivity index (χ1n) is 17.0. The highest BCUT2D eigenvalue weighted by Gasteiger charge is 2.55. The number of carbonyl (C=O) groups is 1. The summed E-state index contributed by atoms with van der Waals surface area (Å²) < 4.78 is 32.9. The van der Waals surface area contributed by atoms with Crippen LogP contribution in [0.3, 0.4) is 0 Å². The fourth-order valence-electron chi connectivity index (χ4n) is 6.25. The summed E-state index contributed by atoms with van der Waals surface area (Å²) in [5, 5.41) is 5.84. The van der Waals surface area contributed by atoms with Gasteiger partial charge in [0.2, 0.25) is 0 Å². The second kappa shape index (κ2) is 12.8. The maximum Gasteiger partial charge on any atom is 0.491 e. The molecule has 0 N–H and O–H groups in total. The van der Waals surface area contributed by atoms with Gasteiger partial charge in [0.1, 0.15) is 11.4 Å². The van der Waals surface area contributed by atoms with Gasteiger partial charge in [0.05, 0.1) is 29.5 Å². The minimum atomic E-state index is -0.479. The Balaban J connectivity index is 1.31. The first kappa shape index (κ1) is 32.8. The number of allylic oxidation sites excluding steroid dienone is 1. The van der Waals surface area contributed by atoms with Crippen LogP contribution in [0.2, 0.25) is 0 Å². The third-order valence-electron chi connectivity index (χ3n) is 9.48. The molecule has 2 saturated heterocycles. The van der Waals surface area contributed by atoms with Crippen molar-refractivity contribution in [3.63, 3.8) is 0 Å². The van der Waals surface area contributed by atoms with E-state index in [0.29, 0.717) is 25.4 Å². The highest BCUT2D eigenvalue weighted by Crippen LogP contribution is 2.49. The molecule has 2 aromatic carbocycles. The molecule has 1 unspecified atom stereocenters. The fraction of sp³-hybridized carbons (Fsp3) is 0.568. The summed E-state index contributed by atoms with van der Waals surface area (Å²) in [5.41, 5.74) is 4.25. The lowest BCUT2D eigenvalue weighted by Gasteiger charge is -2.32. The van der Waals surface area contributed by atoms with Crippen LogP contribution in [-0.4, -0.2) is 52.9 Å². The van der Waals surface area contributed by atoms with E-state index in [0.717, 1.165) is 72.1 Å². The number of hydrogen-bond acceptors (Lipinski definition) is 7. The maximum atomic E-state index is 12.1. The lowest BCUT2D eigenvalue weighted by atomic mass is 9.69. The van der Waals surface area contributed by atoms with E-state index >= 15 is 0 Å². The number of aromatic nitrogens is 2. The molecule has 6 rings (SSSR count). The van der Waals surface area contributed by atoms with Gasteiger partial charge in [0.25, 0.3) is 0 Å². The molecule has 3 fully saturated rings. The number of fused-ring (bicyclic) bond motifs is 1. The zero-order chi connectivity index (χ0) is 32.7. The van der Waals surface area contributed by atoms with Gasteiger partial charge in [-0.15, -0.1) is 0 Å². The van der Waals surface area contributed by atoms with Crippen LogP contribution in [0.5, 0.6) is 5.75 Å². The fourth-order valence-corrected chi connectivity index (χ4v) is 6.25. The standard InChI is InChI=1S/C37H49BN2O6/c1-35(2,3)44-32(41)12-10-22-42-29-18-15-25(16-19-29)33(34(26-13-14-26)38-45-36(4,5)37(6,7)46-38)27-17-20-30-28(23-27)24-39-40(30)31-11-8-9-21-43-31/h15-20,23-24,26,31H,8-14,21-22H2,1-7H3/b34-33+. The average molecular weight is 629 g/mol. The van der Waals surface area contributed by atoms with Gasteiger partial charge in [-0.2, -0.15) is 5.10 Å². The van der Waals surface area contributed by atoms with E-state index in [4.69, 9.17) is 28.6 Å². The van der Waals surface area contributed by atoms with Crippen molar-refractivity contribution in [3.8, 4) is 5.75 Å². The smallest absolute Gasteiger partial charge is 0.491 e. The van der Waals surface area contributed by atoms with Crippen LogP contribution in [0.25, 0.3) is 16.5 Å². The molecule has 0 bridgehead atoms. The number of hydrogen-bond donors (Lipinski definition) is 0. The van der Waals surface area contributed by atoms with Crippen LogP contribution in [0.1, 0.15) is 111 Å². The van der Waals surface area contributed by atoms with Crippen molar-refractivity contribution in [3.05, 3.63) is 65.3 Å². The quantitative estimate of drug-likeness (QED) is 0.128. The number of rotatable bonds is 10. The van der Waals surface area contributed by atoms with Crippen LogP contribution in [-0.2, 0) is 23.6 Å². The minimum Gasteiger partial charge on any atom is -0.494 e. The molecule has 0 spiro atoms. The molecule has 1 saturated carbocycles. The number of nitrogens with zero attached hydrogens (tertiary/aromatic N) is 2. The average Bonchev–Trinajstić information content (AvgIpc) is 3.69. The molecule has 46 heavy (non-hydrogen) atoms. The van der Waals surface area contributed by atoms with Crippen molar-refractivity contribution in [1.82, 2.24) is 9.78 Å². The molecule has 3 heterocycles. The van der Waals surface area contributed by atoms with E-state index in [-0.39, 0.29) is 12.2 Å². The summed E-state index contributed by atoms with van der Waals surface area (Å²) in [6.45, 7) is 15.3. The van der Waals surface area contributed by atoms with Gasteiger partial charge < -0.3 is 23.5 Å². The largest absolute Gasteiger partial charge is 0.494 e. The highest BCUT2D eigenvalue weighted by atomic mass is 16.7. The van der Waals surface area contributed by atoms with Crippen molar-refractivity contribution in [1.29, 1.82) is 0 Å². The van der Waals surface area contributed by atoms with Crippen molar-refractivity contribution < 1.29 is 28.3 Å². The lowest BCUT2D eigenvalue weighted by molar-refractivity contribution is -0.155. The Kier molecular flexibility index (Phi) is 9.13. The van der Waals surface area contributed by atoms with Crippen molar-refractivity contribution >= 4 is 29.6 Å². The minimum absolute atomic E-state index is 0.0180. The van der Waals surface area contributed by atoms with Crippen LogP contribution in [0.15, 0.2) is 54.1 Å². The van der Waals surface area contributed by atoms with Crippen molar-refractivity contribution in [2.45, 2.75) is 116 Å². The number of benzene rings is 2. The Morgan fingerprint density at radius 3 is 2.30 bits per heavy atom. The molecular weight excluding hydrogens is 579 g/mol. The van der Waals surface area contributed by atoms with E-state index < -0.39 is 23.9 Å². The summed E-state index contributed by atoms with van der Waals surface area (Å²) in [5.74, 6) is 0.952. The Morgan fingerprint density at radius 2 is 1.67 bits per heavy atom. The SMILES string of the molecule is CC(C)(C)OC(=O)CCCOc1ccc(/C(=C(\B2OC(C)(C)C(C)(C)O2)C2CC2)c2ccc3c(cnn3C3CCCCO3)c2)cc1. The molecule has 0 amide bonds. The van der Waals surface area contributed by atoms with E-state index in [1.165, 1.54) is 5.47 Å². The molecule has 1 aliphatic carbocycles. The van der Waals surface area contributed by atoms with E-state index in [1.54, 1.807) is 0 Å². The highest BCUT2D eigenvalue weighted by molar-refractivity contribution is 6.57. The summed E-state index contributed by atoms with van der Waals surface area (Å²) in [7, 11) is -0.440. The monoisotopic (exact) mass is 628 g/mol. The predicted octanol–water partition coefficient (Wildman–Crippen LogP) is 8.08. The Hall–Kier alpha value is -3.14. The number of esters is 1. The molecule has 9 heteroatoms. The van der Waals surface area contributed by atoms with E-state index in [2.05, 4.69) is 58.0 Å². The molecule has 3 aliphatic rings. The van der Waals surface area contributed by atoms with Gasteiger partial charge in [0, 0.05) is 18.4 Å². The zero-order valence-corrected chi connectivity index (χ0v) is 28.6. The van der Waals surface area contributed by atoms with Crippen molar-refractivity contribution in [2.24, 2.45) is 5.92 Å². The zero-order valence-electron chi connectivity index (χ0n) is 28.6. The van der Waals surface area contributed by atoms with E-state index in [9.17, 15) is 4.79 Å².